The van der Waals surface area contributed by atoms with E-state index in [1.54, 1.807) is 0 Å². The molecule has 1 amide bonds. The number of nitrogens with one attached hydrogen (secondary N) is 1. The van der Waals surface area contributed by atoms with Crippen LogP contribution >= 0.6 is 15.9 Å². The average Bonchev–Trinajstić information content (AvgIpc) is 2.48. The van der Waals surface area contributed by atoms with Crippen LogP contribution in [0.5, 0.6) is 0 Å². The second kappa shape index (κ2) is 5.63. The summed E-state index contributed by atoms with van der Waals surface area (Å²) in [7, 11) is 0. The van der Waals surface area contributed by atoms with Crippen LogP contribution in [0.15, 0.2) is 0 Å². The molecule has 1 fully saturated rings. The highest BCUT2D eigenvalue weighted by molar-refractivity contribution is 9.09. The fourth-order valence-electron chi connectivity index (χ4n) is 1.69. The number of alkyl halides is 1. The lowest BCUT2D eigenvalue weighted by atomic mass is 10.2. The number of hydrogen-bond acceptors (Lipinski definition) is 1. The maximum absolute atomic E-state index is 11.4. The van der Waals surface area contributed by atoms with E-state index in [2.05, 4.69) is 28.2 Å². The van der Waals surface area contributed by atoms with E-state index >= 15 is 0 Å². The van der Waals surface area contributed by atoms with Crippen molar-refractivity contribution in [1.29, 1.82) is 0 Å². The Bertz CT molecular complexity index is 172. The molecule has 1 aliphatic carbocycles. The van der Waals surface area contributed by atoms with Crippen molar-refractivity contribution in [3.05, 3.63) is 0 Å². The van der Waals surface area contributed by atoms with E-state index < -0.39 is 0 Å². The Morgan fingerprint density at radius 1 is 1.54 bits per heavy atom. The quantitative estimate of drug-likeness (QED) is 0.761. The Kier molecular flexibility index (Phi) is 4.78. The molecule has 1 saturated carbocycles. The van der Waals surface area contributed by atoms with E-state index in [1.807, 2.05) is 0 Å². The zero-order valence-electron chi connectivity index (χ0n) is 8.18. The summed E-state index contributed by atoms with van der Waals surface area (Å²) in [6.07, 6.45) is 6.34. The molecule has 0 aromatic heterocycles. The number of hydrogen-bond donors (Lipinski definition) is 1. The predicted molar refractivity (Wildman–Crippen MR) is 58.0 cm³/mol. The molecule has 0 heterocycles. The molecule has 0 spiro atoms. The van der Waals surface area contributed by atoms with Crippen LogP contribution in [-0.4, -0.2) is 16.8 Å². The van der Waals surface area contributed by atoms with Crippen molar-refractivity contribution < 1.29 is 4.79 Å². The van der Waals surface area contributed by atoms with Crippen LogP contribution in [0.4, 0.5) is 0 Å². The van der Waals surface area contributed by atoms with Gasteiger partial charge in [0.1, 0.15) is 0 Å². The summed E-state index contributed by atoms with van der Waals surface area (Å²) in [5.41, 5.74) is 0. The monoisotopic (exact) mass is 247 g/mol. The lowest BCUT2D eigenvalue weighted by molar-refractivity contribution is -0.121. The minimum absolute atomic E-state index is 0.221. The molecule has 2 unspecified atom stereocenters. The second-order valence-corrected chi connectivity index (χ2v) is 4.90. The van der Waals surface area contributed by atoms with Gasteiger partial charge < -0.3 is 5.32 Å². The summed E-state index contributed by atoms with van der Waals surface area (Å²) in [6, 6.07) is 0.379. The molecule has 0 aromatic rings. The highest BCUT2D eigenvalue weighted by Gasteiger charge is 2.25. The second-order valence-electron chi connectivity index (χ2n) is 3.72. The summed E-state index contributed by atoms with van der Waals surface area (Å²) in [5, 5.41) is 3.08. The highest BCUT2D eigenvalue weighted by atomic mass is 79.9. The van der Waals surface area contributed by atoms with Gasteiger partial charge in [0.25, 0.3) is 0 Å². The predicted octanol–water partition coefficient (Wildman–Crippen LogP) is 2.61. The lowest BCUT2D eigenvalue weighted by Crippen LogP contribution is -2.37. The van der Waals surface area contributed by atoms with E-state index in [9.17, 15) is 4.79 Å². The highest BCUT2D eigenvalue weighted by Crippen LogP contribution is 2.25. The number of carbonyl (C=O) groups excluding carboxylic acids is 1. The topological polar surface area (TPSA) is 29.1 Å². The Morgan fingerprint density at radius 3 is 2.85 bits per heavy atom. The third kappa shape index (κ3) is 3.67. The summed E-state index contributed by atoms with van der Waals surface area (Å²) in [5.74, 6) is 0.221. The van der Waals surface area contributed by atoms with Crippen LogP contribution in [-0.2, 0) is 4.79 Å². The summed E-state index contributed by atoms with van der Waals surface area (Å²) < 4.78 is 0. The van der Waals surface area contributed by atoms with Crippen molar-refractivity contribution in [2.45, 2.75) is 56.3 Å². The molecule has 2 atom stereocenters. The van der Waals surface area contributed by atoms with E-state index in [0.717, 1.165) is 19.3 Å². The summed E-state index contributed by atoms with van der Waals surface area (Å²) in [6.45, 7) is 2.11. The van der Waals surface area contributed by atoms with Gasteiger partial charge in [-0.3, -0.25) is 4.79 Å². The molecule has 0 aromatic carbocycles. The minimum atomic E-state index is 0.221. The zero-order chi connectivity index (χ0) is 9.68. The number of halogens is 1. The van der Waals surface area contributed by atoms with Crippen LogP contribution in [0, 0.1) is 0 Å². The van der Waals surface area contributed by atoms with Gasteiger partial charge in [-0.2, -0.15) is 0 Å². The minimum Gasteiger partial charge on any atom is -0.352 e. The van der Waals surface area contributed by atoms with Crippen molar-refractivity contribution in [2.75, 3.05) is 0 Å². The van der Waals surface area contributed by atoms with Gasteiger partial charge in [-0.25, -0.2) is 0 Å². The van der Waals surface area contributed by atoms with Crippen LogP contribution < -0.4 is 5.32 Å². The van der Waals surface area contributed by atoms with Crippen LogP contribution in [0.3, 0.4) is 0 Å². The molecule has 0 bridgehead atoms. The van der Waals surface area contributed by atoms with Crippen molar-refractivity contribution in [3.8, 4) is 0 Å². The van der Waals surface area contributed by atoms with E-state index in [0.29, 0.717) is 17.3 Å². The molecule has 2 nitrogen and oxygen atoms in total. The van der Waals surface area contributed by atoms with Gasteiger partial charge in [-0.15, -0.1) is 0 Å². The zero-order valence-corrected chi connectivity index (χ0v) is 9.77. The lowest BCUT2D eigenvalue weighted by Gasteiger charge is -2.15. The first kappa shape index (κ1) is 11.0. The summed E-state index contributed by atoms with van der Waals surface area (Å²) >= 11 is 3.59. The van der Waals surface area contributed by atoms with Gasteiger partial charge in [0.05, 0.1) is 0 Å². The maximum atomic E-state index is 11.4. The van der Waals surface area contributed by atoms with Crippen LogP contribution in [0.25, 0.3) is 0 Å². The molecule has 0 radical (unpaired) electrons. The molecule has 3 heteroatoms. The van der Waals surface area contributed by atoms with Gasteiger partial charge >= 0.3 is 0 Å². The third-order valence-electron chi connectivity index (χ3n) is 2.54. The largest absolute Gasteiger partial charge is 0.352 e. The van der Waals surface area contributed by atoms with E-state index in [1.165, 1.54) is 12.8 Å². The van der Waals surface area contributed by atoms with Crippen LogP contribution in [0.1, 0.15) is 45.4 Å². The molecule has 0 aliphatic heterocycles. The van der Waals surface area contributed by atoms with E-state index in [4.69, 9.17) is 0 Å². The average molecular weight is 248 g/mol. The maximum Gasteiger partial charge on any atom is 0.220 e. The van der Waals surface area contributed by atoms with Gasteiger partial charge in [0, 0.05) is 17.3 Å². The smallest absolute Gasteiger partial charge is 0.220 e. The normalized spacial score (nSPS) is 27.5. The number of unbranched alkanes of at least 4 members (excludes halogenated alkanes) is 1. The van der Waals surface area contributed by atoms with Crippen LogP contribution in [0.2, 0.25) is 0 Å². The molecule has 1 rings (SSSR count). The molecule has 13 heavy (non-hydrogen) atoms. The molecule has 76 valence electrons. The van der Waals surface area contributed by atoms with Gasteiger partial charge in [0.2, 0.25) is 5.91 Å². The van der Waals surface area contributed by atoms with Gasteiger partial charge in [-0.05, 0) is 19.3 Å². The Balaban J connectivity index is 2.19. The molecular weight excluding hydrogens is 230 g/mol. The Hall–Kier alpha value is -0.0500. The SMILES string of the molecule is CCCCC(=O)NC1CCCC1Br. The third-order valence-corrected chi connectivity index (χ3v) is 3.63. The van der Waals surface area contributed by atoms with Crippen molar-refractivity contribution in [3.63, 3.8) is 0 Å². The number of carbonyl (C=O) groups is 1. The number of rotatable bonds is 4. The van der Waals surface area contributed by atoms with Crippen molar-refractivity contribution >= 4 is 21.8 Å². The first-order chi connectivity index (χ1) is 6.24. The van der Waals surface area contributed by atoms with Gasteiger partial charge in [0.15, 0.2) is 0 Å². The molecular formula is C10H18BrNO. The van der Waals surface area contributed by atoms with Crippen molar-refractivity contribution in [2.24, 2.45) is 0 Å². The molecule has 1 N–H and O–H groups in total. The van der Waals surface area contributed by atoms with Crippen molar-refractivity contribution in [1.82, 2.24) is 5.32 Å². The summed E-state index contributed by atoms with van der Waals surface area (Å²) in [4.78, 5) is 11.9. The number of amides is 1. The fourth-order valence-corrected chi connectivity index (χ4v) is 2.41. The Labute approximate surface area is 88.6 Å². The van der Waals surface area contributed by atoms with Gasteiger partial charge in [-0.1, -0.05) is 35.7 Å². The molecule has 1 aliphatic rings. The fraction of sp³-hybridized carbons (Fsp3) is 0.900. The Morgan fingerprint density at radius 2 is 2.31 bits per heavy atom. The van der Waals surface area contributed by atoms with E-state index in [-0.39, 0.29) is 5.91 Å². The first-order valence-corrected chi connectivity index (χ1v) is 6.09. The first-order valence-electron chi connectivity index (χ1n) is 5.17. The standard InChI is InChI=1S/C10H18BrNO/c1-2-3-7-10(13)12-9-6-4-5-8(9)11/h8-9H,2-7H2,1H3,(H,12,13). The molecule has 0 saturated heterocycles.